The predicted octanol–water partition coefficient (Wildman–Crippen LogP) is 2.98. The Morgan fingerprint density at radius 2 is 1.95 bits per heavy atom. The Kier molecular flexibility index (Phi) is 4.38. The number of rotatable bonds is 4. The molecule has 5 nitrogen and oxygen atoms in total. The lowest BCUT2D eigenvalue weighted by Crippen LogP contribution is -2.14. The number of nitrogen functional groups attached to an aromatic ring is 1. The molecule has 0 aliphatic heterocycles. The highest BCUT2D eigenvalue weighted by molar-refractivity contribution is 9.10. The van der Waals surface area contributed by atoms with Gasteiger partial charge in [-0.05, 0) is 46.3 Å². The lowest BCUT2D eigenvalue weighted by atomic mass is 10.3. The molecule has 8 heteroatoms. The van der Waals surface area contributed by atoms with Crippen molar-refractivity contribution in [1.29, 1.82) is 0 Å². The molecule has 21 heavy (non-hydrogen) atoms. The van der Waals surface area contributed by atoms with E-state index < -0.39 is 15.8 Å². The maximum Gasteiger partial charge on any atom is 0.262 e. The van der Waals surface area contributed by atoms with Gasteiger partial charge in [-0.3, -0.25) is 4.72 Å². The minimum atomic E-state index is -3.93. The maximum atomic E-state index is 13.4. The van der Waals surface area contributed by atoms with Crippen LogP contribution in [-0.2, 0) is 10.0 Å². The van der Waals surface area contributed by atoms with Gasteiger partial charge >= 0.3 is 0 Å². The summed E-state index contributed by atoms with van der Waals surface area (Å²) in [5.41, 5.74) is 5.50. The molecule has 2 aromatic rings. The van der Waals surface area contributed by atoms with E-state index in [9.17, 15) is 12.8 Å². The molecule has 0 bridgehead atoms. The predicted molar refractivity (Wildman–Crippen MR) is 82.3 cm³/mol. The van der Waals surface area contributed by atoms with Crippen molar-refractivity contribution in [3.8, 4) is 5.75 Å². The number of anilines is 2. The minimum absolute atomic E-state index is 0.114. The second-order valence-corrected chi connectivity index (χ2v) is 6.67. The van der Waals surface area contributed by atoms with Crippen molar-refractivity contribution in [3.63, 3.8) is 0 Å². The fraction of sp³-hybridized carbons (Fsp3) is 0.0769. The van der Waals surface area contributed by atoms with E-state index in [1.165, 1.54) is 25.3 Å². The Bertz CT molecular complexity index is 781. The second kappa shape index (κ2) is 5.90. The number of hydrogen-bond acceptors (Lipinski definition) is 4. The van der Waals surface area contributed by atoms with Gasteiger partial charge in [-0.15, -0.1) is 0 Å². The average molecular weight is 375 g/mol. The summed E-state index contributed by atoms with van der Waals surface area (Å²) in [5, 5.41) is 0. The summed E-state index contributed by atoms with van der Waals surface area (Å²) in [4.78, 5) is -0.219. The number of hydrogen-bond donors (Lipinski definition) is 2. The smallest absolute Gasteiger partial charge is 0.262 e. The van der Waals surface area contributed by atoms with Crippen LogP contribution in [0.15, 0.2) is 45.8 Å². The number of benzene rings is 2. The molecular weight excluding hydrogens is 363 g/mol. The first-order chi connectivity index (χ1) is 9.83. The molecule has 0 saturated heterocycles. The summed E-state index contributed by atoms with van der Waals surface area (Å²) in [6, 6.07) is 8.12. The highest BCUT2D eigenvalue weighted by Crippen LogP contribution is 2.29. The van der Waals surface area contributed by atoms with Crippen molar-refractivity contribution in [2.75, 3.05) is 17.6 Å². The van der Waals surface area contributed by atoms with Crippen LogP contribution >= 0.6 is 15.9 Å². The van der Waals surface area contributed by atoms with Gasteiger partial charge in [0.2, 0.25) is 0 Å². The maximum absolute atomic E-state index is 13.4. The molecule has 0 fully saturated rings. The van der Waals surface area contributed by atoms with Crippen LogP contribution in [0.1, 0.15) is 0 Å². The first-order valence-corrected chi connectivity index (χ1v) is 8.02. The fourth-order valence-electron chi connectivity index (χ4n) is 1.59. The molecule has 2 aromatic carbocycles. The summed E-state index contributed by atoms with van der Waals surface area (Å²) in [6.45, 7) is 0. The zero-order valence-corrected chi connectivity index (χ0v) is 13.3. The first kappa shape index (κ1) is 15.6. The summed E-state index contributed by atoms with van der Waals surface area (Å²) < 4.78 is 45.8. The number of nitrogens with two attached hydrogens (primary N) is 1. The molecule has 0 amide bonds. The highest BCUT2D eigenvalue weighted by Gasteiger charge is 2.17. The largest absolute Gasteiger partial charge is 0.497 e. The van der Waals surface area contributed by atoms with Crippen LogP contribution in [-0.4, -0.2) is 15.5 Å². The third-order valence-electron chi connectivity index (χ3n) is 2.70. The standard InChI is InChI=1S/C13H12BrFN2O3S/c1-20-8-2-4-10(14)13(6-8)17-21(18,19)9-3-5-12(16)11(15)7-9/h2-7,17H,16H2,1H3. The van der Waals surface area contributed by atoms with Gasteiger partial charge in [0.1, 0.15) is 11.6 Å². The van der Waals surface area contributed by atoms with Gasteiger partial charge in [0.05, 0.1) is 23.4 Å². The molecule has 0 heterocycles. The quantitative estimate of drug-likeness (QED) is 0.806. The molecule has 0 atom stereocenters. The monoisotopic (exact) mass is 374 g/mol. The van der Waals surface area contributed by atoms with Crippen molar-refractivity contribution < 1.29 is 17.5 Å². The van der Waals surface area contributed by atoms with Crippen LogP contribution in [0.3, 0.4) is 0 Å². The second-order valence-electron chi connectivity index (χ2n) is 4.13. The lowest BCUT2D eigenvalue weighted by Gasteiger charge is -2.11. The van der Waals surface area contributed by atoms with Crippen molar-refractivity contribution >= 4 is 37.3 Å². The zero-order chi connectivity index (χ0) is 15.6. The third kappa shape index (κ3) is 3.45. The van der Waals surface area contributed by atoms with Gasteiger partial charge in [-0.1, -0.05) is 0 Å². The molecule has 0 aliphatic carbocycles. The summed E-state index contributed by atoms with van der Waals surface area (Å²) in [6.07, 6.45) is 0. The molecule has 0 aliphatic rings. The Balaban J connectivity index is 2.39. The third-order valence-corrected chi connectivity index (χ3v) is 4.75. The van der Waals surface area contributed by atoms with Crippen molar-refractivity contribution in [3.05, 3.63) is 46.7 Å². The highest BCUT2D eigenvalue weighted by atomic mass is 79.9. The SMILES string of the molecule is COc1ccc(Br)c(NS(=O)(=O)c2ccc(N)c(F)c2)c1. The molecule has 0 spiro atoms. The molecule has 0 unspecified atom stereocenters. The molecule has 2 rings (SSSR count). The van der Waals surface area contributed by atoms with Crippen LogP contribution < -0.4 is 15.2 Å². The van der Waals surface area contributed by atoms with Gasteiger partial charge in [0.25, 0.3) is 10.0 Å². The molecule has 0 saturated carbocycles. The average Bonchev–Trinajstić information content (AvgIpc) is 2.44. The van der Waals surface area contributed by atoms with Gasteiger partial charge in [0, 0.05) is 10.5 Å². The minimum Gasteiger partial charge on any atom is -0.497 e. The molecular formula is C13H12BrFN2O3S. The van der Waals surface area contributed by atoms with Crippen LogP contribution in [0.25, 0.3) is 0 Å². The topological polar surface area (TPSA) is 81.4 Å². The van der Waals surface area contributed by atoms with E-state index in [0.717, 1.165) is 6.07 Å². The number of sulfonamides is 1. The zero-order valence-electron chi connectivity index (χ0n) is 10.9. The van der Waals surface area contributed by atoms with E-state index in [4.69, 9.17) is 10.5 Å². The van der Waals surface area contributed by atoms with Gasteiger partial charge in [0.15, 0.2) is 0 Å². The molecule has 0 radical (unpaired) electrons. The number of halogens is 2. The lowest BCUT2D eigenvalue weighted by molar-refractivity contribution is 0.415. The Labute approximate surface area is 130 Å². The number of methoxy groups -OCH3 is 1. The van der Waals surface area contributed by atoms with Gasteiger partial charge in [-0.25, -0.2) is 12.8 Å². The Morgan fingerprint density at radius 1 is 1.24 bits per heavy atom. The van der Waals surface area contributed by atoms with E-state index in [2.05, 4.69) is 20.7 Å². The Morgan fingerprint density at radius 3 is 2.57 bits per heavy atom. The number of nitrogens with one attached hydrogen (secondary N) is 1. The van der Waals surface area contributed by atoms with Gasteiger partial charge in [-0.2, -0.15) is 0 Å². The van der Waals surface area contributed by atoms with Crippen molar-refractivity contribution in [2.45, 2.75) is 4.90 Å². The summed E-state index contributed by atoms with van der Waals surface area (Å²) in [5.74, 6) is -0.304. The van der Waals surface area contributed by atoms with Crippen LogP contribution in [0, 0.1) is 5.82 Å². The normalized spacial score (nSPS) is 11.2. The van der Waals surface area contributed by atoms with E-state index >= 15 is 0 Å². The summed E-state index contributed by atoms with van der Waals surface area (Å²) >= 11 is 3.23. The number of ether oxygens (including phenoxy) is 1. The van der Waals surface area contributed by atoms with Crippen LogP contribution in [0.2, 0.25) is 0 Å². The first-order valence-electron chi connectivity index (χ1n) is 5.75. The summed E-state index contributed by atoms with van der Waals surface area (Å²) in [7, 11) is -2.46. The van der Waals surface area contributed by atoms with E-state index in [-0.39, 0.29) is 16.3 Å². The molecule has 112 valence electrons. The van der Waals surface area contributed by atoms with Crippen LogP contribution in [0.4, 0.5) is 15.8 Å². The van der Waals surface area contributed by atoms with Crippen LogP contribution in [0.5, 0.6) is 5.75 Å². The van der Waals surface area contributed by atoms with E-state index in [1.54, 1.807) is 12.1 Å². The van der Waals surface area contributed by atoms with E-state index in [0.29, 0.717) is 10.2 Å². The molecule has 3 N–H and O–H groups in total. The fourth-order valence-corrected chi connectivity index (χ4v) is 3.15. The van der Waals surface area contributed by atoms with Gasteiger partial charge < -0.3 is 10.5 Å². The Hall–Kier alpha value is -1.80. The van der Waals surface area contributed by atoms with Crippen molar-refractivity contribution in [1.82, 2.24) is 0 Å². The molecule has 0 aromatic heterocycles. The van der Waals surface area contributed by atoms with E-state index in [1.807, 2.05) is 0 Å². The van der Waals surface area contributed by atoms with Crippen molar-refractivity contribution in [2.24, 2.45) is 0 Å².